The summed E-state index contributed by atoms with van der Waals surface area (Å²) in [6.45, 7) is 2.01. The fraction of sp³-hybridized carbons (Fsp3) is 0.619. The highest BCUT2D eigenvalue weighted by Crippen LogP contribution is 2.27. The SMILES string of the molecule is CN=C(NCCCS(=O)(=O)c1ccccc1)NC1CCN(C(=O)C2CCCC2)C1.I. The molecule has 1 saturated heterocycles. The monoisotopic (exact) mass is 548 g/mol. The van der Waals surface area contributed by atoms with Crippen LogP contribution in [0.3, 0.4) is 0 Å². The van der Waals surface area contributed by atoms with E-state index in [0.717, 1.165) is 25.8 Å². The van der Waals surface area contributed by atoms with Crippen molar-refractivity contribution < 1.29 is 13.2 Å². The molecule has 9 heteroatoms. The molecule has 1 aliphatic carbocycles. The van der Waals surface area contributed by atoms with Crippen molar-refractivity contribution in [3.63, 3.8) is 0 Å². The molecule has 1 saturated carbocycles. The van der Waals surface area contributed by atoms with E-state index < -0.39 is 9.84 Å². The molecule has 2 aliphatic rings. The Hall–Kier alpha value is -1.36. The predicted molar refractivity (Wildman–Crippen MR) is 130 cm³/mol. The summed E-state index contributed by atoms with van der Waals surface area (Å²) >= 11 is 0. The van der Waals surface area contributed by atoms with Crippen LogP contribution in [0.15, 0.2) is 40.2 Å². The highest BCUT2D eigenvalue weighted by Gasteiger charge is 2.32. The average Bonchev–Trinajstić information content (AvgIpc) is 3.42. The maximum atomic E-state index is 12.6. The number of likely N-dealkylation sites (tertiary alicyclic amines) is 1. The Balaban J connectivity index is 0.00000320. The topological polar surface area (TPSA) is 90.9 Å². The Labute approximate surface area is 197 Å². The standard InChI is InChI=1S/C21H32N4O3S.HI/c1-22-21(23-13-7-15-29(27,28)19-10-3-2-4-11-19)24-18-12-14-25(16-18)20(26)17-8-5-6-9-17;/h2-4,10-11,17-18H,5-9,12-16H2,1H3,(H2,22,23,24);1H. The normalized spacial score (nSPS) is 20.1. The lowest BCUT2D eigenvalue weighted by atomic mass is 10.1. The molecule has 1 atom stereocenters. The first-order chi connectivity index (χ1) is 14.0. The van der Waals surface area contributed by atoms with Crippen molar-refractivity contribution in [1.29, 1.82) is 0 Å². The molecule has 0 spiro atoms. The quantitative estimate of drug-likeness (QED) is 0.237. The van der Waals surface area contributed by atoms with Crippen LogP contribution >= 0.6 is 24.0 Å². The summed E-state index contributed by atoms with van der Waals surface area (Å²) in [5.41, 5.74) is 0. The number of carbonyl (C=O) groups excluding carboxylic acids is 1. The fourth-order valence-corrected chi connectivity index (χ4v) is 5.44. The molecule has 3 rings (SSSR count). The number of amides is 1. The van der Waals surface area contributed by atoms with Crippen LogP contribution in [-0.4, -0.2) is 63.7 Å². The van der Waals surface area contributed by atoms with E-state index in [-0.39, 0.29) is 41.7 Å². The first kappa shape index (κ1) is 24.9. The average molecular weight is 548 g/mol. The van der Waals surface area contributed by atoms with Crippen LogP contribution in [0.1, 0.15) is 38.5 Å². The van der Waals surface area contributed by atoms with Crippen LogP contribution in [-0.2, 0) is 14.6 Å². The largest absolute Gasteiger partial charge is 0.356 e. The number of carbonyl (C=O) groups is 1. The third-order valence-electron chi connectivity index (χ3n) is 5.75. The molecule has 1 aromatic carbocycles. The molecule has 0 aromatic heterocycles. The lowest BCUT2D eigenvalue weighted by molar-refractivity contribution is -0.134. The van der Waals surface area contributed by atoms with Gasteiger partial charge < -0.3 is 15.5 Å². The van der Waals surface area contributed by atoms with Crippen molar-refractivity contribution in [1.82, 2.24) is 15.5 Å². The molecule has 30 heavy (non-hydrogen) atoms. The maximum absolute atomic E-state index is 12.6. The van der Waals surface area contributed by atoms with E-state index in [2.05, 4.69) is 15.6 Å². The zero-order valence-corrected chi connectivity index (χ0v) is 20.7. The van der Waals surface area contributed by atoms with Crippen LogP contribution in [0.25, 0.3) is 0 Å². The Morgan fingerprint density at radius 1 is 1.17 bits per heavy atom. The number of aliphatic imine (C=N–C) groups is 1. The number of nitrogens with zero attached hydrogens (tertiary/aromatic N) is 2. The maximum Gasteiger partial charge on any atom is 0.225 e. The number of nitrogens with one attached hydrogen (secondary N) is 2. The molecular formula is C21H33IN4O3S. The first-order valence-corrected chi connectivity index (χ1v) is 12.2. The van der Waals surface area contributed by atoms with Gasteiger partial charge in [0.05, 0.1) is 10.6 Å². The minimum absolute atomic E-state index is 0. The number of guanidine groups is 1. The molecule has 168 valence electrons. The van der Waals surface area contributed by atoms with E-state index in [4.69, 9.17) is 0 Å². The van der Waals surface area contributed by atoms with Gasteiger partial charge in [-0.3, -0.25) is 9.79 Å². The lowest BCUT2D eigenvalue weighted by Gasteiger charge is -2.21. The summed E-state index contributed by atoms with van der Waals surface area (Å²) in [6, 6.07) is 8.71. The van der Waals surface area contributed by atoms with Gasteiger partial charge >= 0.3 is 0 Å². The Bertz CT molecular complexity index is 811. The van der Waals surface area contributed by atoms with Crippen molar-refractivity contribution in [2.75, 3.05) is 32.4 Å². The number of hydrogen-bond donors (Lipinski definition) is 2. The zero-order valence-electron chi connectivity index (χ0n) is 17.5. The Morgan fingerprint density at radius 3 is 2.53 bits per heavy atom. The molecular weight excluding hydrogens is 515 g/mol. The smallest absolute Gasteiger partial charge is 0.225 e. The molecule has 1 heterocycles. The van der Waals surface area contributed by atoms with E-state index in [9.17, 15) is 13.2 Å². The van der Waals surface area contributed by atoms with E-state index >= 15 is 0 Å². The molecule has 1 amide bonds. The minimum Gasteiger partial charge on any atom is -0.356 e. The number of rotatable bonds is 7. The molecule has 0 radical (unpaired) electrons. The lowest BCUT2D eigenvalue weighted by Crippen LogP contribution is -2.45. The van der Waals surface area contributed by atoms with Crippen LogP contribution in [0.5, 0.6) is 0 Å². The minimum atomic E-state index is -3.26. The van der Waals surface area contributed by atoms with Crippen molar-refractivity contribution >= 4 is 45.7 Å². The summed E-state index contributed by atoms with van der Waals surface area (Å²) in [4.78, 5) is 19.1. The molecule has 1 aromatic rings. The first-order valence-electron chi connectivity index (χ1n) is 10.5. The molecule has 7 nitrogen and oxygen atoms in total. The number of benzene rings is 1. The molecule has 1 unspecified atom stereocenters. The van der Waals surface area contributed by atoms with E-state index in [1.165, 1.54) is 12.8 Å². The highest BCUT2D eigenvalue weighted by atomic mass is 127. The molecule has 1 aliphatic heterocycles. The van der Waals surface area contributed by atoms with E-state index in [1.807, 2.05) is 11.0 Å². The van der Waals surface area contributed by atoms with Gasteiger partial charge in [-0.15, -0.1) is 24.0 Å². The van der Waals surface area contributed by atoms with Gasteiger partial charge in [0, 0.05) is 38.6 Å². The van der Waals surface area contributed by atoms with Crippen LogP contribution in [0.4, 0.5) is 0 Å². The van der Waals surface area contributed by atoms with Crippen molar-refractivity contribution in [2.24, 2.45) is 10.9 Å². The third-order valence-corrected chi connectivity index (χ3v) is 7.57. The van der Waals surface area contributed by atoms with Crippen LogP contribution in [0.2, 0.25) is 0 Å². The second-order valence-corrected chi connectivity index (χ2v) is 9.99. The summed E-state index contributed by atoms with van der Waals surface area (Å²) in [5, 5.41) is 6.56. The number of sulfone groups is 1. The summed E-state index contributed by atoms with van der Waals surface area (Å²) < 4.78 is 24.6. The van der Waals surface area contributed by atoms with Crippen LogP contribution < -0.4 is 10.6 Å². The van der Waals surface area contributed by atoms with Gasteiger partial charge in [-0.25, -0.2) is 8.42 Å². The molecule has 2 N–H and O–H groups in total. The summed E-state index contributed by atoms with van der Waals surface area (Å²) in [6.07, 6.45) is 5.80. The van der Waals surface area contributed by atoms with Gasteiger partial charge in [0.2, 0.25) is 5.91 Å². The third kappa shape index (κ3) is 6.83. The van der Waals surface area contributed by atoms with Gasteiger partial charge in [-0.1, -0.05) is 31.0 Å². The van der Waals surface area contributed by atoms with E-state index in [0.29, 0.717) is 36.3 Å². The number of hydrogen-bond acceptors (Lipinski definition) is 4. The Kier molecular flexibility index (Phi) is 9.86. The van der Waals surface area contributed by atoms with Crippen molar-refractivity contribution in [3.05, 3.63) is 30.3 Å². The zero-order chi connectivity index (χ0) is 20.7. The van der Waals surface area contributed by atoms with Gasteiger partial charge in [0.15, 0.2) is 15.8 Å². The highest BCUT2D eigenvalue weighted by molar-refractivity contribution is 14.0. The summed E-state index contributed by atoms with van der Waals surface area (Å²) in [5.74, 6) is 1.27. The number of halogens is 1. The van der Waals surface area contributed by atoms with Crippen molar-refractivity contribution in [3.8, 4) is 0 Å². The van der Waals surface area contributed by atoms with Gasteiger partial charge in [-0.05, 0) is 37.8 Å². The second-order valence-electron chi connectivity index (χ2n) is 7.88. The molecule has 0 bridgehead atoms. The second kappa shape index (κ2) is 11.9. The van der Waals surface area contributed by atoms with Crippen molar-refractivity contribution in [2.45, 2.75) is 49.5 Å². The van der Waals surface area contributed by atoms with Gasteiger partial charge in [-0.2, -0.15) is 0 Å². The Morgan fingerprint density at radius 2 is 1.87 bits per heavy atom. The van der Waals surface area contributed by atoms with Gasteiger partial charge in [0.25, 0.3) is 0 Å². The molecule has 2 fully saturated rings. The van der Waals surface area contributed by atoms with Gasteiger partial charge in [0.1, 0.15) is 0 Å². The predicted octanol–water partition coefficient (Wildman–Crippen LogP) is 2.42. The summed E-state index contributed by atoms with van der Waals surface area (Å²) in [7, 11) is -1.56. The fourth-order valence-electron chi connectivity index (χ4n) is 4.11. The van der Waals surface area contributed by atoms with E-state index in [1.54, 1.807) is 31.3 Å². The van der Waals surface area contributed by atoms with Crippen LogP contribution in [0, 0.1) is 5.92 Å².